The fourth-order valence-corrected chi connectivity index (χ4v) is 2.99. The normalized spacial score (nSPS) is 18.0. The van der Waals surface area contributed by atoms with Gasteiger partial charge in [-0.3, -0.25) is 4.79 Å². The smallest absolute Gasteiger partial charge is 0.246 e. The molecule has 0 aliphatic heterocycles. The summed E-state index contributed by atoms with van der Waals surface area (Å²) >= 11 is 0. The van der Waals surface area contributed by atoms with Crippen LogP contribution < -0.4 is 5.32 Å². The fourth-order valence-electron chi connectivity index (χ4n) is 2.99. The van der Waals surface area contributed by atoms with Crippen molar-refractivity contribution in [3.8, 4) is 0 Å². The van der Waals surface area contributed by atoms with E-state index in [1.165, 1.54) is 12.5 Å². The van der Waals surface area contributed by atoms with Crippen LogP contribution in [0.4, 0.5) is 4.39 Å². The zero-order chi connectivity index (χ0) is 16.0. The summed E-state index contributed by atoms with van der Waals surface area (Å²) in [4.78, 5) is 12.2. The Hall–Kier alpha value is -1.68. The van der Waals surface area contributed by atoms with Crippen LogP contribution in [-0.2, 0) is 4.79 Å². The molecule has 1 amide bonds. The Morgan fingerprint density at radius 2 is 2.00 bits per heavy atom. The van der Waals surface area contributed by atoms with E-state index in [1.54, 1.807) is 31.2 Å². The largest absolute Gasteiger partial charge is 0.396 e. The van der Waals surface area contributed by atoms with Gasteiger partial charge in [0.25, 0.3) is 0 Å². The minimum absolute atomic E-state index is 0.101. The molecule has 0 radical (unpaired) electrons. The van der Waals surface area contributed by atoms with Gasteiger partial charge in [0.1, 0.15) is 5.82 Å². The Bertz CT molecular complexity index is 548. The maximum Gasteiger partial charge on any atom is 0.246 e. The zero-order valence-electron chi connectivity index (χ0n) is 13.1. The molecule has 22 heavy (non-hydrogen) atoms. The molecule has 1 fully saturated rings. The van der Waals surface area contributed by atoms with Crippen LogP contribution in [-0.4, -0.2) is 24.2 Å². The predicted molar refractivity (Wildman–Crippen MR) is 85.7 cm³/mol. The summed E-state index contributed by atoms with van der Waals surface area (Å²) in [6.45, 7) is 2.25. The van der Waals surface area contributed by atoms with Crippen molar-refractivity contribution in [3.05, 3.63) is 41.2 Å². The maximum atomic E-state index is 13.6. The van der Waals surface area contributed by atoms with Crippen LogP contribution in [0.3, 0.4) is 0 Å². The van der Waals surface area contributed by atoms with E-state index in [4.69, 9.17) is 0 Å². The van der Waals surface area contributed by atoms with Crippen molar-refractivity contribution in [1.29, 1.82) is 0 Å². The molecule has 120 valence electrons. The lowest BCUT2D eigenvalue weighted by molar-refractivity contribution is -0.118. The number of carbonyl (C=O) groups is 1. The summed E-state index contributed by atoms with van der Waals surface area (Å²) in [5.41, 5.74) is 0.685. The van der Waals surface area contributed by atoms with Crippen LogP contribution in [0.1, 0.15) is 44.6 Å². The highest BCUT2D eigenvalue weighted by Crippen LogP contribution is 2.35. The van der Waals surface area contributed by atoms with E-state index in [-0.39, 0.29) is 23.7 Å². The van der Waals surface area contributed by atoms with Gasteiger partial charge in [0.15, 0.2) is 0 Å². The molecule has 1 saturated carbocycles. The van der Waals surface area contributed by atoms with Crippen molar-refractivity contribution in [2.24, 2.45) is 5.41 Å². The second kappa shape index (κ2) is 7.54. The third-order valence-electron chi connectivity index (χ3n) is 4.51. The Balaban J connectivity index is 1.98. The van der Waals surface area contributed by atoms with E-state index < -0.39 is 0 Å². The molecule has 4 heteroatoms. The van der Waals surface area contributed by atoms with E-state index in [9.17, 15) is 14.3 Å². The van der Waals surface area contributed by atoms with Crippen molar-refractivity contribution in [2.75, 3.05) is 13.2 Å². The standard InChI is InChI=1S/C18H24FNO2/c1-14(11-15-7-3-4-8-16(15)19)17(22)20-12-18(13-21)9-5-2-6-10-18/h3-4,7-8,11,21H,2,5-6,9-10,12-13H2,1H3,(H,20,22)/b14-11+. The Morgan fingerprint density at radius 1 is 1.32 bits per heavy atom. The van der Waals surface area contributed by atoms with E-state index in [1.807, 2.05) is 0 Å². The number of amides is 1. The van der Waals surface area contributed by atoms with E-state index in [2.05, 4.69) is 5.32 Å². The molecule has 0 bridgehead atoms. The van der Waals surface area contributed by atoms with Gasteiger partial charge in [-0.05, 0) is 31.9 Å². The molecule has 2 rings (SSSR count). The molecular formula is C18H24FNO2. The lowest BCUT2D eigenvalue weighted by atomic mass is 9.74. The molecule has 1 aliphatic carbocycles. The number of benzene rings is 1. The minimum atomic E-state index is -0.339. The first-order chi connectivity index (χ1) is 10.6. The van der Waals surface area contributed by atoms with Crippen molar-refractivity contribution >= 4 is 12.0 Å². The number of hydrogen-bond donors (Lipinski definition) is 2. The Morgan fingerprint density at radius 3 is 2.64 bits per heavy atom. The Labute approximate surface area is 131 Å². The average molecular weight is 305 g/mol. The molecule has 0 atom stereocenters. The van der Waals surface area contributed by atoms with E-state index in [0.717, 1.165) is 25.7 Å². The van der Waals surface area contributed by atoms with Gasteiger partial charge >= 0.3 is 0 Å². The summed E-state index contributed by atoms with van der Waals surface area (Å²) in [5, 5.41) is 12.5. The van der Waals surface area contributed by atoms with Gasteiger partial charge in [-0.25, -0.2) is 4.39 Å². The molecule has 0 unspecified atom stereocenters. The topological polar surface area (TPSA) is 49.3 Å². The van der Waals surface area contributed by atoms with Crippen molar-refractivity contribution < 1.29 is 14.3 Å². The first-order valence-corrected chi connectivity index (χ1v) is 7.88. The molecule has 0 heterocycles. The predicted octanol–water partition coefficient (Wildman–Crippen LogP) is 3.29. The lowest BCUT2D eigenvalue weighted by Crippen LogP contribution is -2.41. The first-order valence-electron chi connectivity index (χ1n) is 7.88. The van der Waals surface area contributed by atoms with Crippen LogP contribution in [0.2, 0.25) is 0 Å². The maximum absolute atomic E-state index is 13.6. The van der Waals surface area contributed by atoms with Gasteiger partial charge in [-0.15, -0.1) is 0 Å². The van der Waals surface area contributed by atoms with Crippen LogP contribution in [0.15, 0.2) is 29.8 Å². The van der Waals surface area contributed by atoms with Gasteiger partial charge in [0.2, 0.25) is 5.91 Å². The molecule has 1 aromatic carbocycles. The van der Waals surface area contributed by atoms with Gasteiger partial charge < -0.3 is 10.4 Å². The summed E-state index contributed by atoms with van der Waals surface area (Å²) in [5.74, 6) is -0.546. The molecule has 2 N–H and O–H groups in total. The number of hydrogen-bond acceptors (Lipinski definition) is 2. The highest BCUT2D eigenvalue weighted by Gasteiger charge is 2.31. The molecular weight excluding hydrogens is 281 g/mol. The Kier molecular flexibility index (Phi) is 5.72. The highest BCUT2D eigenvalue weighted by atomic mass is 19.1. The lowest BCUT2D eigenvalue weighted by Gasteiger charge is -2.35. The molecule has 0 aromatic heterocycles. The minimum Gasteiger partial charge on any atom is -0.396 e. The summed E-state index contributed by atoms with van der Waals surface area (Å²) in [6.07, 6.45) is 6.83. The SMILES string of the molecule is C/C(=C\c1ccccc1F)C(=O)NCC1(CO)CCCCC1. The van der Waals surface area contributed by atoms with Gasteiger partial charge in [-0.2, -0.15) is 0 Å². The second-order valence-corrected chi connectivity index (χ2v) is 6.25. The monoisotopic (exact) mass is 305 g/mol. The van der Waals surface area contributed by atoms with E-state index in [0.29, 0.717) is 17.7 Å². The number of carbonyl (C=O) groups excluding carboxylic acids is 1. The molecule has 1 aromatic rings. The van der Waals surface area contributed by atoms with Crippen LogP contribution in [0, 0.1) is 11.2 Å². The summed E-state index contributed by atoms with van der Waals surface area (Å²) in [6, 6.07) is 6.38. The average Bonchev–Trinajstić information content (AvgIpc) is 2.55. The third kappa shape index (κ3) is 4.17. The summed E-state index contributed by atoms with van der Waals surface area (Å²) in [7, 11) is 0. The fraction of sp³-hybridized carbons (Fsp3) is 0.500. The number of aliphatic hydroxyl groups is 1. The van der Waals surface area contributed by atoms with Crippen LogP contribution in [0.25, 0.3) is 6.08 Å². The molecule has 0 spiro atoms. The zero-order valence-corrected chi connectivity index (χ0v) is 13.1. The number of rotatable bonds is 5. The number of nitrogens with one attached hydrogen (secondary N) is 1. The summed E-state index contributed by atoms with van der Waals surface area (Å²) < 4.78 is 13.6. The van der Waals surface area contributed by atoms with Crippen molar-refractivity contribution in [1.82, 2.24) is 5.32 Å². The van der Waals surface area contributed by atoms with E-state index >= 15 is 0 Å². The van der Waals surface area contributed by atoms with Gasteiger partial charge in [0, 0.05) is 23.1 Å². The first kappa shape index (κ1) is 16.7. The van der Waals surface area contributed by atoms with Crippen molar-refractivity contribution in [2.45, 2.75) is 39.0 Å². The third-order valence-corrected chi connectivity index (χ3v) is 4.51. The van der Waals surface area contributed by atoms with Crippen LogP contribution >= 0.6 is 0 Å². The number of aliphatic hydroxyl groups excluding tert-OH is 1. The highest BCUT2D eigenvalue weighted by molar-refractivity contribution is 5.97. The quantitative estimate of drug-likeness (QED) is 0.820. The molecule has 1 aliphatic rings. The van der Waals surface area contributed by atoms with Gasteiger partial charge in [0.05, 0.1) is 6.61 Å². The van der Waals surface area contributed by atoms with Gasteiger partial charge in [-0.1, -0.05) is 37.5 Å². The second-order valence-electron chi connectivity index (χ2n) is 6.25. The molecule has 3 nitrogen and oxygen atoms in total. The van der Waals surface area contributed by atoms with Crippen molar-refractivity contribution in [3.63, 3.8) is 0 Å². The molecule has 0 saturated heterocycles. The number of halogens is 1. The van der Waals surface area contributed by atoms with Crippen LogP contribution in [0.5, 0.6) is 0 Å².